The van der Waals surface area contributed by atoms with Crippen LogP contribution in [0.4, 0.5) is 11.6 Å². The van der Waals surface area contributed by atoms with Gasteiger partial charge in [0, 0.05) is 19.7 Å². The summed E-state index contributed by atoms with van der Waals surface area (Å²) in [6.45, 7) is 3.08. The zero-order valence-electron chi connectivity index (χ0n) is 10.9. The third-order valence-electron chi connectivity index (χ3n) is 2.21. The van der Waals surface area contributed by atoms with Crippen molar-refractivity contribution in [3.05, 3.63) is 6.07 Å². The fraction of sp³-hybridized carbons (Fsp3) is 0.545. The smallest absolute Gasteiger partial charge is 0.236 e. The van der Waals surface area contributed by atoms with Gasteiger partial charge in [-0.25, -0.2) is 9.97 Å². The van der Waals surface area contributed by atoms with Crippen LogP contribution < -0.4 is 16.0 Å². The molecule has 0 aliphatic heterocycles. The van der Waals surface area contributed by atoms with Gasteiger partial charge in [0.2, 0.25) is 5.91 Å². The van der Waals surface area contributed by atoms with Crippen LogP contribution >= 0.6 is 11.8 Å². The number of primary amides is 1. The molecule has 0 aromatic carbocycles. The number of nitrogens with two attached hydrogens (primary N) is 1. The average molecular weight is 269 g/mol. The zero-order chi connectivity index (χ0) is 13.5. The van der Waals surface area contributed by atoms with Crippen LogP contribution in [0.1, 0.15) is 13.3 Å². The predicted molar refractivity (Wildman–Crippen MR) is 75.1 cm³/mol. The second-order valence-electron chi connectivity index (χ2n) is 3.85. The third kappa shape index (κ3) is 4.40. The summed E-state index contributed by atoms with van der Waals surface area (Å²) in [6, 6.07) is 1.82. The molecule has 1 amide bonds. The Kier molecular flexibility index (Phi) is 5.70. The van der Waals surface area contributed by atoms with E-state index >= 15 is 0 Å². The van der Waals surface area contributed by atoms with Gasteiger partial charge in [-0.05, 0) is 12.7 Å². The number of nitrogens with zero attached hydrogens (tertiary/aromatic N) is 3. The molecule has 18 heavy (non-hydrogen) atoms. The normalized spacial score (nSPS) is 10.2. The number of carbonyl (C=O) groups is 1. The third-order valence-corrected chi connectivity index (χ3v) is 2.76. The molecule has 3 N–H and O–H groups in total. The number of rotatable bonds is 7. The molecule has 1 aromatic heterocycles. The van der Waals surface area contributed by atoms with E-state index in [2.05, 4.69) is 22.2 Å². The number of nitrogens with one attached hydrogen (secondary N) is 1. The van der Waals surface area contributed by atoms with E-state index < -0.39 is 0 Å². The van der Waals surface area contributed by atoms with Gasteiger partial charge in [-0.3, -0.25) is 4.79 Å². The lowest BCUT2D eigenvalue weighted by Crippen LogP contribution is -2.31. The number of thioether (sulfide) groups is 1. The Morgan fingerprint density at radius 3 is 2.83 bits per heavy atom. The number of likely N-dealkylation sites (N-methyl/N-ethyl adjacent to an activating group) is 1. The van der Waals surface area contributed by atoms with Gasteiger partial charge in [-0.2, -0.15) is 0 Å². The number of aromatic nitrogens is 2. The monoisotopic (exact) mass is 269 g/mol. The van der Waals surface area contributed by atoms with E-state index in [-0.39, 0.29) is 12.5 Å². The van der Waals surface area contributed by atoms with E-state index in [1.807, 2.05) is 12.3 Å². The van der Waals surface area contributed by atoms with Crippen molar-refractivity contribution in [3.8, 4) is 0 Å². The number of anilines is 2. The van der Waals surface area contributed by atoms with Gasteiger partial charge >= 0.3 is 0 Å². The van der Waals surface area contributed by atoms with E-state index in [1.54, 1.807) is 11.9 Å². The SMILES string of the molecule is CCCNc1cc(N(C)CC(N)=O)nc(SC)n1. The maximum Gasteiger partial charge on any atom is 0.236 e. The Morgan fingerprint density at radius 1 is 1.56 bits per heavy atom. The topological polar surface area (TPSA) is 84.1 Å². The Balaban J connectivity index is 2.92. The van der Waals surface area contributed by atoms with Gasteiger partial charge < -0.3 is 16.0 Å². The second-order valence-corrected chi connectivity index (χ2v) is 4.62. The molecular formula is C11H19N5OS. The number of amides is 1. The highest BCUT2D eigenvalue weighted by Crippen LogP contribution is 2.19. The molecule has 0 fully saturated rings. The molecule has 0 atom stereocenters. The van der Waals surface area contributed by atoms with E-state index in [1.165, 1.54) is 11.8 Å². The molecule has 6 nitrogen and oxygen atoms in total. The molecule has 1 aromatic rings. The maximum atomic E-state index is 10.9. The van der Waals surface area contributed by atoms with Gasteiger partial charge in [0.25, 0.3) is 0 Å². The minimum atomic E-state index is -0.384. The highest BCUT2D eigenvalue weighted by molar-refractivity contribution is 7.98. The fourth-order valence-electron chi connectivity index (χ4n) is 1.36. The van der Waals surface area contributed by atoms with E-state index in [9.17, 15) is 4.79 Å². The highest BCUT2D eigenvalue weighted by Gasteiger charge is 2.09. The minimum Gasteiger partial charge on any atom is -0.370 e. The van der Waals surface area contributed by atoms with Crippen LogP contribution in [0.5, 0.6) is 0 Å². The van der Waals surface area contributed by atoms with Gasteiger partial charge in [0.05, 0.1) is 6.54 Å². The van der Waals surface area contributed by atoms with Crippen molar-refractivity contribution in [3.63, 3.8) is 0 Å². The quantitative estimate of drug-likeness (QED) is 0.566. The predicted octanol–water partition coefficient (Wildman–Crippen LogP) is 0.942. The largest absolute Gasteiger partial charge is 0.370 e. The molecular weight excluding hydrogens is 250 g/mol. The molecule has 0 aliphatic carbocycles. The first-order valence-corrected chi connectivity index (χ1v) is 6.95. The Bertz CT molecular complexity index is 412. The standard InChI is InChI=1S/C11H19N5OS/c1-4-5-13-9-6-10(15-11(14-9)18-3)16(2)7-8(12)17/h6H,4-5,7H2,1-3H3,(H2,12,17)(H,13,14,15). The van der Waals surface area contributed by atoms with E-state index in [4.69, 9.17) is 5.73 Å². The van der Waals surface area contributed by atoms with E-state index in [0.29, 0.717) is 11.0 Å². The first kappa shape index (κ1) is 14.6. The first-order chi connectivity index (χ1) is 8.56. The van der Waals surface area contributed by atoms with Crippen LogP contribution in [-0.2, 0) is 4.79 Å². The lowest BCUT2D eigenvalue weighted by Gasteiger charge is -2.17. The Hall–Kier alpha value is -1.50. The van der Waals surface area contributed by atoms with Crippen molar-refractivity contribution in [1.29, 1.82) is 0 Å². The van der Waals surface area contributed by atoms with Crippen molar-refractivity contribution >= 4 is 29.3 Å². The van der Waals surface area contributed by atoms with Crippen molar-refractivity contribution < 1.29 is 4.79 Å². The van der Waals surface area contributed by atoms with Crippen molar-refractivity contribution in [2.75, 3.05) is 36.6 Å². The number of carbonyl (C=O) groups excluding carboxylic acids is 1. The average Bonchev–Trinajstić information content (AvgIpc) is 2.35. The lowest BCUT2D eigenvalue weighted by molar-refractivity contribution is -0.116. The summed E-state index contributed by atoms with van der Waals surface area (Å²) in [5, 5.41) is 3.88. The van der Waals surface area contributed by atoms with Gasteiger partial charge in [0.1, 0.15) is 11.6 Å². The summed E-state index contributed by atoms with van der Waals surface area (Å²) in [6.07, 6.45) is 2.93. The van der Waals surface area contributed by atoms with Crippen LogP contribution in [0.3, 0.4) is 0 Å². The number of hydrogen-bond acceptors (Lipinski definition) is 6. The van der Waals surface area contributed by atoms with Crippen LogP contribution in [0.15, 0.2) is 11.2 Å². The maximum absolute atomic E-state index is 10.9. The molecule has 0 unspecified atom stereocenters. The molecule has 1 rings (SSSR count). The molecule has 7 heteroatoms. The van der Waals surface area contributed by atoms with Crippen molar-refractivity contribution in [2.45, 2.75) is 18.5 Å². The lowest BCUT2D eigenvalue weighted by atomic mass is 10.4. The minimum absolute atomic E-state index is 0.137. The molecule has 0 spiro atoms. The van der Waals surface area contributed by atoms with Gasteiger partial charge in [-0.15, -0.1) is 0 Å². The summed E-state index contributed by atoms with van der Waals surface area (Å²) in [5.41, 5.74) is 5.17. The van der Waals surface area contributed by atoms with E-state index in [0.717, 1.165) is 18.8 Å². The van der Waals surface area contributed by atoms with Crippen LogP contribution in [0, 0.1) is 0 Å². The van der Waals surface area contributed by atoms with Crippen LogP contribution in [0.25, 0.3) is 0 Å². The molecule has 1 heterocycles. The zero-order valence-corrected chi connectivity index (χ0v) is 11.8. The first-order valence-electron chi connectivity index (χ1n) is 5.73. The summed E-state index contributed by atoms with van der Waals surface area (Å²) in [4.78, 5) is 21.3. The van der Waals surface area contributed by atoms with Crippen molar-refractivity contribution in [2.24, 2.45) is 5.73 Å². The van der Waals surface area contributed by atoms with Crippen LogP contribution in [0.2, 0.25) is 0 Å². The molecule has 0 radical (unpaired) electrons. The molecule has 0 aliphatic rings. The molecule has 0 bridgehead atoms. The molecule has 0 saturated carbocycles. The summed E-state index contributed by atoms with van der Waals surface area (Å²) < 4.78 is 0. The van der Waals surface area contributed by atoms with Crippen LogP contribution in [-0.4, -0.2) is 42.3 Å². The summed E-state index contributed by atoms with van der Waals surface area (Å²) in [7, 11) is 1.78. The summed E-state index contributed by atoms with van der Waals surface area (Å²) >= 11 is 1.46. The van der Waals surface area contributed by atoms with Gasteiger partial charge in [-0.1, -0.05) is 18.7 Å². The second kappa shape index (κ2) is 7.05. The summed E-state index contributed by atoms with van der Waals surface area (Å²) in [5.74, 6) is 1.07. The molecule has 100 valence electrons. The fourth-order valence-corrected chi connectivity index (χ4v) is 1.73. The number of hydrogen-bond donors (Lipinski definition) is 2. The molecule has 0 saturated heterocycles. The highest BCUT2D eigenvalue weighted by atomic mass is 32.2. The Labute approximate surface area is 111 Å². The van der Waals surface area contributed by atoms with Gasteiger partial charge in [0.15, 0.2) is 5.16 Å². The van der Waals surface area contributed by atoms with Crippen molar-refractivity contribution in [1.82, 2.24) is 9.97 Å². The Morgan fingerprint density at radius 2 is 2.28 bits per heavy atom.